The molecule has 246 valence electrons. The van der Waals surface area contributed by atoms with Crippen LogP contribution in [0.1, 0.15) is 72.1 Å². The van der Waals surface area contributed by atoms with E-state index < -0.39 is 84.2 Å². The van der Waals surface area contributed by atoms with Gasteiger partial charge in [-0.3, -0.25) is 28.8 Å². The van der Waals surface area contributed by atoms with E-state index in [-0.39, 0.29) is 38.0 Å². The summed E-state index contributed by atoms with van der Waals surface area (Å²) in [6.07, 6.45) is -1.52. The molecule has 0 bridgehead atoms. The van der Waals surface area contributed by atoms with Crippen molar-refractivity contribution in [1.29, 1.82) is 0 Å². The summed E-state index contributed by atoms with van der Waals surface area (Å²) in [7, 11) is 0. The molecule has 0 radical (unpaired) electrons. The van der Waals surface area contributed by atoms with Crippen LogP contribution >= 0.6 is 0 Å². The minimum atomic E-state index is -1.64. The van der Waals surface area contributed by atoms with E-state index in [0.717, 1.165) is 0 Å². The highest BCUT2D eigenvalue weighted by atomic mass is 16.4. The first-order valence-corrected chi connectivity index (χ1v) is 14.1. The fourth-order valence-corrected chi connectivity index (χ4v) is 3.90. The summed E-state index contributed by atoms with van der Waals surface area (Å²) >= 11 is 0. The Balaban J connectivity index is 5.91. The number of rotatable bonds is 22. The number of aliphatic hydroxyl groups excluding tert-OH is 1. The van der Waals surface area contributed by atoms with Gasteiger partial charge in [0.05, 0.1) is 12.1 Å². The number of aliphatic carboxylic acids is 2. The number of hydrogen-bond donors (Lipinski definition) is 10. The van der Waals surface area contributed by atoms with Gasteiger partial charge >= 0.3 is 11.9 Å². The number of aliphatic hydroxyl groups is 1. The molecule has 5 amide bonds. The third-order valence-electron chi connectivity index (χ3n) is 6.28. The molecule has 0 aromatic heterocycles. The monoisotopic (exact) mass is 617 g/mol. The van der Waals surface area contributed by atoms with Crippen molar-refractivity contribution in [3.8, 4) is 0 Å². The Labute approximate surface area is 250 Å². The van der Waals surface area contributed by atoms with E-state index in [1.165, 1.54) is 6.92 Å². The minimum Gasteiger partial charge on any atom is -0.481 e. The number of nitrogens with one attached hydrogen (secondary N) is 4. The summed E-state index contributed by atoms with van der Waals surface area (Å²) in [4.78, 5) is 85.7. The first kappa shape index (κ1) is 39.2. The van der Waals surface area contributed by atoms with Gasteiger partial charge in [-0.25, -0.2) is 4.79 Å². The fourth-order valence-electron chi connectivity index (χ4n) is 3.90. The molecule has 13 N–H and O–H groups in total. The van der Waals surface area contributed by atoms with E-state index in [2.05, 4.69) is 21.3 Å². The van der Waals surface area contributed by atoms with Crippen LogP contribution in [-0.4, -0.2) is 99.7 Å². The van der Waals surface area contributed by atoms with E-state index >= 15 is 0 Å². The second kappa shape index (κ2) is 20.1. The summed E-state index contributed by atoms with van der Waals surface area (Å²) in [5.74, 6) is -6.91. The van der Waals surface area contributed by atoms with Crippen molar-refractivity contribution in [2.24, 2.45) is 23.1 Å². The number of carboxylic acid groups (broad SMARTS) is 2. The van der Waals surface area contributed by atoms with Crippen LogP contribution in [0.25, 0.3) is 0 Å². The van der Waals surface area contributed by atoms with E-state index in [1.54, 1.807) is 13.8 Å². The molecule has 17 nitrogen and oxygen atoms in total. The van der Waals surface area contributed by atoms with Crippen LogP contribution in [0, 0.1) is 5.92 Å². The quantitative estimate of drug-likeness (QED) is 0.0544. The molecule has 0 saturated heterocycles. The van der Waals surface area contributed by atoms with Gasteiger partial charge in [0, 0.05) is 12.8 Å². The van der Waals surface area contributed by atoms with Gasteiger partial charge in [0.25, 0.3) is 0 Å². The summed E-state index contributed by atoms with van der Waals surface area (Å²) in [6.45, 7) is 5.03. The lowest BCUT2D eigenvalue weighted by Crippen LogP contribution is -2.59. The van der Waals surface area contributed by atoms with Crippen LogP contribution in [0.15, 0.2) is 0 Å². The molecule has 0 heterocycles. The molecule has 0 aliphatic heterocycles. The summed E-state index contributed by atoms with van der Waals surface area (Å²) in [5.41, 5.74) is 16.5. The molecule has 0 aromatic carbocycles. The molecular formula is C26H47N7O10. The van der Waals surface area contributed by atoms with Crippen molar-refractivity contribution in [3.05, 3.63) is 0 Å². The molecule has 6 atom stereocenters. The zero-order valence-electron chi connectivity index (χ0n) is 24.8. The summed E-state index contributed by atoms with van der Waals surface area (Å²) < 4.78 is 0. The Morgan fingerprint density at radius 1 is 0.698 bits per heavy atom. The van der Waals surface area contributed by atoms with Gasteiger partial charge in [0.1, 0.15) is 18.1 Å². The maximum Gasteiger partial charge on any atom is 0.328 e. The van der Waals surface area contributed by atoms with Gasteiger partial charge in [0.2, 0.25) is 29.5 Å². The Kier molecular flexibility index (Phi) is 18.3. The molecule has 0 saturated carbocycles. The van der Waals surface area contributed by atoms with Gasteiger partial charge in [-0.05, 0) is 57.9 Å². The van der Waals surface area contributed by atoms with Crippen molar-refractivity contribution in [1.82, 2.24) is 21.3 Å². The molecule has 0 unspecified atom stereocenters. The molecular weight excluding hydrogens is 570 g/mol. The maximum atomic E-state index is 13.4. The normalized spacial score (nSPS) is 15.2. The Hall–Kier alpha value is -3.83. The molecule has 0 aliphatic carbocycles. The Morgan fingerprint density at radius 2 is 1.21 bits per heavy atom. The van der Waals surface area contributed by atoms with Gasteiger partial charge in [-0.15, -0.1) is 0 Å². The highest BCUT2D eigenvalue weighted by Crippen LogP contribution is 2.10. The summed E-state index contributed by atoms with van der Waals surface area (Å²) in [5, 5.41) is 37.5. The van der Waals surface area contributed by atoms with Crippen LogP contribution in [0.3, 0.4) is 0 Å². The standard InChI is InChI=1S/C26H47N7O10/c1-13(2)12-18(25(41)31-16(6-4-5-11-27)24(40)33-21(14(3)34)26(42)43)32-23(39)17(8-9-19(29)35)30-22(38)15(28)7-10-20(36)37/h13-18,21,34H,4-12,27-28H2,1-3H3,(H2,29,35)(H,30,38)(H,31,41)(H,32,39)(H,33,40)(H,36,37)(H,42,43)/t14-,15+,16+,17+,18+,21+/m1/s1. The minimum absolute atomic E-state index is 0.0782. The number of hydrogen-bond acceptors (Lipinski definition) is 10. The van der Waals surface area contributed by atoms with E-state index in [9.17, 15) is 43.8 Å². The van der Waals surface area contributed by atoms with E-state index in [4.69, 9.17) is 22.3 Å². The molecule has 17 heteroatoms. The number of nitrogens with two attached hydrogens (primary N) is 3. The van der Waals surface area contributed by atoms with Crippen molar-refractivity contribution in [2.45, 2.75) is 108 Å². The average Bonchev–Trinajstić information content (AvgIpc) is 2.90. The molecule has 43 heavy (non-hydrogen) atoms. The zero-order chi connectivity index (χ0) is 33.3. The second-order valence-corrected chi connectivity index (χ2v) is 10.7. The lowest BCUT2D eigenvalue weighted by atomic mass is 10.0. The van der Waals surface area contributed by atoms with Crippen molar-refractivity contribution in [3.63, 3.8) is 0 Å². The topological polar surface area (TPSA) is 306 Å². The third kappa shape index (κ3) is 16.4. The van der Waals surface area contributed by atoms with E-state index in [0.29, 0.717) is 19.4 Å². The van der Waals surface area contributed by atoms with Crippen molar-refractivity contribution >= 4 is 41.5 Å². The second-order valence-electron chi connectivity index (χ2n) is 10.7. The highest BCUT2D eigenvalue weighted by molar-refractivity contribution is 5.95. The number of unbranched alkanes of at least 4 members (excludes halogenated alkanes) is 1. The Bertz CT molecular complexity index is 976. The van der Waals surface area contributed by atoms with Gasteiger partial charge in [-0.2, -0.15) is 0 Å². The largest absolute Gasteiger partial charge is 0.481 e. The number of carbonyl (C=O) groups is 7. The first-order chi connectivity index (χ1) is 20.0. The van der Waals surface area contributed by atoms with Crippen LogP contribution in [0.5, 0.6) is 0 Å². The summed E-state index contributed by atoms with van der Waals surface area (Å²) in [6, 6.07) is -6.71. The predicted octanol–water partition coefficient (Wildman–Crippen LogP) is -2.98. The first-order valence-electron chi connectivity index (χ1n) is 14.1. The highest BCUT2D eigenvalue weighted by Gasteiger charge is 2.33. The fraction of sp³-hybridized carbons (Fsp3) is 0.731. The maximum absolute atomic E-state index is 13.4. The smallest absolute Gasteiger partial charge is 0.328 e. The molecule has 0 aromatic rings. The molecule has 0 rings (SSSR count). The molecule has 0 fully saturated rings. The van der Waals surface area contributed by atoms with Crippen molar-refractivity contribution < 1.29 is 48.9 Å². The van der Waals surface area contributed by atoms with Gasteiger partial charge < -0.3 is 53.8 Å². The van der Waals surface area contributed by atoms with Crippen LogP contribution in [-0.2, 0) is 33.6 Å². The Morgan fingerprint density at radius 3 is 1.70 bits per heavy atom. The van der Waals surface area contributed by atoms with Crippen LogP contribution < -0.4 is 38.5 Å². The van der Waals surface area contributed by atoms with E-state index in [1.807, 2.05) is 0 Å². The van der Waals surface area contributed by atoms with Crippen LogP contribution in [0.2, 0.25) is 0 Å². The molecule has 0 spiro atoms. The zero-order valence-corrected chi connectivity index (χ0v) is 24.8. The lowest BCUT2D eigenvalue weighted by molar-refractivity contribution is -0.145. The third-order valence-corrected chi connectivity index (χ3v) is 6.28. The lowest BCUT2D eigenvalue weighted by Gasteiger charge is -2.27. The average molecular weight is 618 g/mol. The molecule has 0 aliphatic rings. The SMILES string of the molecule is CC(C)C[C@H](NC(=O)[C@H](CCC(N)=O)NC(=O)[C@@H](N)CCC(=O)O)C(=O)N[C@@H](CCCCN)C(=O)N[C@H](C(=O)O)[C@@H](C)O. The number of carbonyl (C=O) groups excluding carboxylic acids is 5. The van der Waals surface area contributed by atoms with Gasteiger partial charge in [0.15, 0.2) is 6.04 Å². The number of amides is 5. The predicted molar refractivity (Wildman–Crippen MR) is 153 cm³/mol. The number of primary amides is 1. The van der Waals surface area contributed by atoms with Gasteiger partial charge in [-0.1, -0.05) is 13.8 Å². The van der Waals surface area contributed by atoms with Crippen molar-refractivity contribution in [2.75, 3.05) is 6.54 Å². The number of carboxylic acids is 2. The van der Waals surface area contributed by atoms with Crippen LogP contribution in [0.4, 0.5) is 0 Å².